The molecule has 0 radical (unpaired) electrons. The highest BCUT2D eigenvalue weighted by atomic mass is 16.1. The molecule has 6 nitrogen and oxygen atoms in total. The molecule has 106 valence electrons. The third kappa shape index (κ3) is 4.40. The Bertz CT molecular complexity index is 433. The zero-order chi connectivity index (χ0) is 14.4. The molecule has 0 atom stereocenters. The van der Waals surface area contributed by atoms with Crippen molar-refractivity contribution in [2.24, 2.45) is 5.73 Å². The number of carbonyl (C=O) groups is 1. The number of hydrogen-bond donors (Lipinski definition) is 2. The van der Waals surface area contributed by atoms with Crippen molar-refractivity contribution in [3.8, 4) is 0 Å². The smallest absolute Gasteiger partial charge is 0.250 e. The van der Waals surface area contributed by atoms with E-state index in [1.165, 1.54) is 6.20 Å². The Morgan fingerprint density at radius 1 is 1.37 bits per heavy atom. The van der Waals surface area contributed by atoms with Gasteiger partial charge in [-0.3, -0.25) is 4.79 Å². The van der Waals surface area contributed by atoms with E-state index in [4.69, 9.17) is 11.5 Å². The second-order valence-electron chi connectivity index (χ2n) is 4.73. The zero-order valence-corrected chi connectivity index (χ0v) is 11.9. The van der Waals surface area contributed by atoms with Gasteiger partial charge in [0.15, 0.2) is 0 Å². The van der Waals surface area contributed by atoms with Crippen LogP contribution in [-0.4, -0.2) is 49.5 Å². The highest BCUT2D eigenvalue weighted by Crippen LogP contribution is 2.17. The first kappa shape index (κ1) is 15.2. The fourth-order valence-electron chi connectivity index (χ4n) is 1.85. The Hall–Kier alpha value is -1.82. The van der Waals surface area contributed by atoms with E-state index in [1.807, 2.05) is 14.1 Å². The minimum Gasteiger partial charge on any atom is -0.397 e. The van der Waals surface area contributed by atoms with E-state index in [9.17, 15) is 4.79 Å². The zero-order valence-electron chi connectivity index (χ0n) is 11.9. The van der Waals surface area contributed by atoms with Crippen LogP contribution in [0.5, 0.6) is 0 Å². The van der Waals surface area contributed by atoms with Gasteiger partial charge in [-0.25, -0.2) is 4.98 Å². The van der Waals surface area contributed by atoms with Gasteiger partial charge in [0.25, 0.3) is 5.91 Å². The van der Waals surface area contributed by atoms with Crippen LogP contribution in [0.1, 0.15) is 23.7 Å². The average Bonchev–Trinajstić information content (AvgIpc) is 2.35. The summed E-state index contributed by atoms with van der Waals surface area (Å²) in [5.74, 6) is 0.217. The number of nitrogens with two attached hydrogens (primary N) is 2. The lowest BCUT2D eigenvalue weighted by atomic mass is 10.2. The molecule has 0 unspecified atom stereocenters. The van der Waals surface area contributed by atoms with Crippen molar-refractivity contribution < 1.29 is 4.79 Å². The summed E-state index contributed by atoms with van der Waals surface area (Å²) in [6, 6.07) is 1.66. The van der Waals surface area contributed by atoms with Gasteiger partial charge < -0.3 is 21.3 Å². The molecule has 0 aliphatic heterocycles. The van der Waals surface area contributed by atoms with E-state index in [2.05, 4.69) is 21.7 Å². The van der Waals surface area contributed by atoms with E-state index in [-0.39, 0.29) is 0 Å². The number of nitrogen functional groups attached to an aromatic ring is 1. The molecule has 0 aromatic carbocycles. The van der Waals surface area contributed by atoms with Crippen molar-refractivity contribution in [3.63, 3.8) is 0 Å². The van der Waals surface area contributed by atoms with Crippen LogP contribution in [0.2, 0.25) is 0 Å². The molecular formula is C13H23N5O. The Balaban J connectivity index is 2.81. The molecule has 6 heteroatoms. The van der Waals surface area contributed by atoms with Crippen molar-refractivity contribution in [2.75, 3.05) is 44.4 Å². The summed E-state index contributed by atoms with van der Waals surface area (Å²) in [4.78, 5) is 19.8. The van der Waals surface area contributed by atoms with Crippen LogP contribution in [0, 0.1) is 0 Å². The van der Waals surface area contributed by atoms with Crippen molar-refractivity contribution in [1.82, 2.24) is 9.88 Å². The summed E-state index contributed by atoms with van der Waals surface area (Å²) in [7, 11) is 4.09. The highest BCUT2D eigenvalue weighted by molar-refractivity contribution is 5.98. The van der Waals surface area contributed by atoms with Crippen LogP contribution in [0.3, 0.4) is 0 Å². The molecule has 1 heterocycles. The topological polar surface area (TPSA) is 88.5 Å². The molecular weight excluding hydrogens is 242 g/mol. The van der Waals surface area contributed by atoms with Crippen LogP contribution in [0.25, 0.3) is 0 Å². The van der Waals surface area contributed by atoms with Gasteiger partial charge in [-0.05, 0) is 40.1 Å². The largest absolute Gasteiger partial charge is 0.397 e. The first-order valence-corrected chi connectivity index (χ1v) is 6.40. The van der Waals surface area contributed by atoms with Gasteiger partial charge in [-0.1, -0.05) is 0 Å². The first-order chi connectivity index (χ1) is 8.95. The second kappa shape index (κ2) is 6.94. The normalized spacial score (nSPS) is 10.7. The molecule has 0 bridgehead atoms. The van der Waals surface area contributed by atoms with Crippen LogP contribution in [0.15, 0.2) is 12.3 Å². The Morgan fingerprint density at radius 3 is 2.58 bits per heavy atom. The molecule has 0 aliphatic carbocycles. The van der Waals surface area contributed by atoms with Gasteiger partial charge in [0.05, 0.1) is 17.4 Å². The SMILES string of the molecule is CCN(CCCN(C)C)c1cc(C(N)=O)c(N)cn1. The van der Waals surface area contributed by atoms with Crippen LogP contribution in [0.4, 0.5) is 11.5 Å². The van der Waals surface area contributed by atoms with Crippen LogP contribution in [-0.2, 0) is 0 Å². The number of anilines is 2. The summed E-state index contributed by atoms with van der Waals surface area (Å²) in [6.45, 7) is 4.76. The number of aromatic nitrogens is 1. The average molecular weight is 265 g/mol. The molecule has 1 rings (SSSR count). The molecule has 4 N–H and O–H groups in total. The number of hydrogen-bond acceptors (Lipinski definition) is 5. The third-order valence-electron chi connectivity index (χ3n) is 2.92. The van der Waals surface area contributed by atoms with E-state index < -0.39 is 5.91 Å². The molecule has 1 aromatic heterocycles. The molecule has 19 heavy (non-hydrogen) atoms. The highest BCUT2D eigenvalue weighted by Gasteiger charge is 2.11. The summed E-state index contributed by atoms with van der Waals surface area (Å²) >= 11 is 0. The second-order valence-corrected chi connectivity index (χ2v) is 4.73. The number of carbonyl (C=O) groups excluding carboxylic acids is 1. The van der Waals surface area contributed by atoms with E-state index in [0.29, 0.717) is 11.3 Å². The maximum atomic E-state index is 11.3. The van der Waals surface area contributed by atoms with E-state index >= 15 is 0 Å². The summed E-state index contributed by atoms with van der Waals surface area (Å²) in [5.41, 5.74) is 11.6. The predicted molar refractivity (Wildman–Crippen MR) is 78.2 cm³/mol. The van der Waals surface area contributed by atoms with Gasteiger partial charge in [0, 0.05) is 13.1 Å². The van der Waals surface area contributed by atoms with E-state index in [0.717, 1.165) is 31.9 Å². The fourth-order valence-corrected chi connectivity index (χ4v) is 1.85. The monoisotopic (exact) mass is 265 g/mol. The van der Waals surface area contributed by atoms with Crippen LogP contribution < -0.4 is 16.4 Å². The number of rotatable bonds is 7. The van der Waals surface area contributed by atoms with Gasteiger partial charge in [0.2, 0.25) is 0 Å². The lowest BCUT2D eigenvalue weighted by molar-refractivity contribution is 0.100. The van der Waals surface area contributed by atoms with Gasteiger partial charge in [-0.15, -0.1) is 0 Å². The minimum atomic E-state index is -0.523. The van der Waals surface area contributed by atoms with Crippen molar-refractivity contribution in [1.29, 1.82) is 0 Å². The predicted octanol–water partition coefficient (Wildman–Crippen LogP) is 0.541. The standard InChI is InChI=1S/C13H23N5O/c1-4-18(7-5-6-17(2)3)12-8-10(13(15)19)11(14)9-16-12/h8-9H,4-7,14H2,1-3H3,(H2,15,19). The maximum absolute atomic E-state index is 11.3. The summed E-state index contributed by atoms with van der Waals surface area (Å²) in [6.07, 6.45) is 2.52. The fraction of sp³-hybridized carbons (Fsp3) is 0.538. The quantitative estimate of drug-likeness (QED) is 0.751. The van der Waals surface area contributed by atoms with Crippen molar-refractivity contribution in [2.45, 2.75) is 13.3 Å². The lowest BCUT2D eigenvalue weighted by Gasteiger charge is -2.23. The molecule has 0 saturated heterocycles. The molecule has 1 aromatic rings. The molecule has 0 spiro atoms. The number of primary amides is 1. The van der Waals surface area contributed by atoms with Crippen LogP contribution >= 0.6 is 0 Å². The van der Waals surface area contributed by atoms with Crippen molar-refractivity contribution >= 4 is 17.4 Å². The number of amides is 1. The third-order valence-corrected chi connectivity index (χ3v) is 2.92. The Kier molecular flexibility index (Phi) is 5.57. The number of pyridine rings is 1. The Morgan fingerprint density at radius 2 is 2.05 bits per heavy atom. The molecule has 0 fully saturated rings. The Labute approximate surface area is 114 Å². The summed E-state index contributed by atoms with van der Waals surface area (Å²) < 4.78 is 0. The minimum absolute atomic E-state index is 0.320. The van der Waals surface area contributed by atoms with Crippen molar-refractivity contribution in [3.05, 3.63) is 17.8 Å². The maximum Gasteiger partial charge on any atom is 0.250 e. The lowest BCUT2D eigenvalue weighted by Crippen LogP contribution is -2.28. The molecule has 0 aliphatic rings. The van der Waals surface area contributed by atoms with Gasteiger partial charge >= 0.3 is 0 Å². The molecule has 0 saturated carbocycles. The van der Waals surface area contributed by atoms with E-state index in [1.54, 1.807) is 6.07 Å². The first-order valence-electron chi connectivity index (χ1n) is 6.40. The van der Waals surface area contributed by atoms with Gasteiger partial charge in [0.1, 0.15) is 5.82 Å². The van der Waals surface area contributed by atoms with Gasteiger partial charge in [-0.2, -0.15) is 0 Å². The molecule has 1 amide bonds. The number of nitrogens with zero attached hydrogens (tertiary/aromatic N) is 3. The summed E-state index contributed by atoms with van der Waals surface area (Å²) in [5, 5.41) is 0.